The van der Waals surface area contributed by atoms with Gasteiger partial charge in [0.25, 0.3) is 0 Å². The number of hydrogen-bond acceptors (Lipinski definition) is 10. The number of nitrogens with zero attached hydrogens (tertiary/aromatic N) is 4. The highest BCUT2D eigenvalue weighted by molar-refractivity contribution is 6.04. The van der Waals surface area contributed by atoms with E-state index in [-0.39, 0.29) is 54.3 Å². The maximum Gasteiger partial charge on any atom is 0.179 e. The molecule has 3 aromatic heterocycles. The van der Waals surface area contributed by atoms with Crippen LogP contribution in [-0.4, -0.2) is 92.8 Å². The van der Waals surface area contributed by atoms with Crippen LogP contribution in [0.15, 0.2) is 179 Å². The van der Waals surface area contributed by atoms with Crippen LogP contribution in [0.4, 0.5) is 0 Å². The summed E-state index contributed by atoms with van der Waals surface area (Å²) < 4.78 is 0. The first-order valence-electron chi connectivity index (χ1n) is 23.1. The Balaban J connectivity index is 1.18. The molecule has 0 saturated carbocycles. The average Bonchev–Trinajstić information content (AvgIpc) is 4.24. The summed E-state index contributed by atoms with van der Waals surface area (Å²) in [4.78, 5) is 111. The molecular formula is C57H51N7O6. The van der Waals surface area contributed by atoms with Gasteiger partial charge in [0, 0.05) is 90.6 Å². The number of benzene rings is 3. The standard InChI is InChI=1S/C57H51N7O6/c1-37(65)40-13-19-43(20-14-40)55(25-7-31-61-55)52(68)46(49-10-4-28-58-49)34-64(35-47(50-11-5-29-59-50)53(69)56(26-8-32-62-56)44-21-15-41(16-22-44)38(2)66)36-48(51-12-6-30-60-51)54(70)57(27-9-33-63-57)45-23-17-42(18-24-45)39(3)67/h4-33,46-48,58-60H,34-36H2,1-3H3. The van der Waals surface area contributed by atoms with Crippen molar-refractivity contribution in [2.75, 3.05) is 19.6 Å². The van der Waals surface area contributed by atoms with Gasteiger partial charge in [0.1, 0.15) is 0 Å². The fourth-order valence-corrected chi connectivity index (χ4v) is 9.86. The lowest BCUT2D eigenvalue weighted by Crippen LogP contribution is -2.47. The lowest BCUT2D eigenvalue weighted by Gasteiger charge is -2.37. The molecule has 6 atom stereocenters. The van der Waals surface area contributed by atoms with Gasteiger partial charge in [-0.25, -0.2) is 0 Å². The molecule has 70 heavy (non-hydrogen) atoms. The van der Waals surface area contributed by atoms with Gasteiger partial charge in [0.15, 0.2) is 51.3 Å². The number of ketones is 6. The number of aliphatic imine (C=N–C) groups is 3. The van der Waals surface area contributed by atoms with Gasteiger partial charge in [-0.3, -0.25) is 48.6 Å². The minimum atomic E-state index is -1.47. The van der Waals surface area contributed by atoms with Crippen LogP contribution in [0.2, 0.25) is 0 Å². The summed E-state index contributed by atoms with van der Waals surface area (Å²) in [7, 11) is 0. The van der Waals surface area contributed by atoms with Gasteiger partial charge in [-0.1, -0.05) is 72.8 Å². The fraction of sp³-hybridized carbons (Fsp3) is 0.211. The van der Waals surface area contributed by atoms with E-state index in [1.54, 1.807) is 146 Å². The summed E-state index contributed by atoms with van der Waals surface area (Å²) in [5.41, 5.74) is 0.541. The zero-order valence-electron chi connectivity index (χ0n) is 38.9. The molecule has 6 unspecified atom stereocenters. The molecule has 3 aliphatic heterocycles. The largest absolute Gasteiger partial charge is 0.364 e. The van der Waals surface area contributed by atoms with Gasteiger partial charge in [-0.15, -0.1) is 0 Å². The number of Topliss-reactive ketones (excluding diaryl/α,β-unsaturated/α-hetero) is 6. The monoisotopic (exact) mass is 929 g/mol. The van der Waals surface area contributed by atoms with E-state index in [4.69, 9.17) is 15.0 Å². The third-order valence-corrected chi connectivity index (χ3v) is 13.7. The SMILES string of the molecule is CC(=O)c1ccc(C2(C(=O)C(CN(CC(C(=O)C3(c4ccc(C(C)=O)cc4)C=CC=N3)c3ccc[nH]3)CC(C(=O)C3(c4ccc(C(C)=O)cc4)C=CC=N3)c3ccc[nH]3)c3ccc[nH]3)C=CC=N2)cc1. The predicted molar refractivity (Wildman–Crippen MR) is 269 cm³/mol. The number of allylic oxidation sites excluding steroid dienone is 3. The zero-order chi connectivity index (χ0) is 49.0. The minimum Gasteiger partial charge on any atom is -0.364 e. The normalized spacial score (nSPS) is 21.1. The quantitative estimate of drug-likeness (QED) is 0.0603. The van der Waals surface area contributed by atoms with Crippen molar-refractivity contribution in [3.05, 3.63) is 215 Å². The van der Waals surface area contributed by atoms with Crippen LogP contribution < -0.4 is 0 Å². The van der Waals surface area contributed by atoms with Gasteiger partial charge in [-0.2, -0.15) is 0 Å². The Kier molecular flexibility index (Phi) is 13.0. The van der Waals surface area contributed by atoms with E-state index in [9.17, 15) is 14.4 Å². The maximum atomic E-state index is 15.7. The van der Waals surface area contributed by atoms with E-state index in [1.807, 2.05) is 41.3 Å². The van der Waals surface area contributed by atoms with Crippen molar-refractivity contribution in [3.63, 3.8) is 0 Å². The summed E-state index contributed by atoms with van der Waals surface area (Å²) in [6.45, 7) is 4.47. The van der Waals surface area contributed by atoms with Crippen molar-refractivity contribution in [1.82, 2.24) is 19.9 Å². The highest BCUT2D eigenvalue weighted by Crippen LogP contribution is 2.42. The third kappa shape index (κ3) is 8.71. The van der Waals surface area contributed by atoms with Gasteiger partial charge >= 0.3 is 0 Å². The lowest BCUT2D eigenvalue weighted by molar-refractivity contribution is -0.125. The van der Waals surface area contributed by atoms with Crippen LogP contribution in [0.1, 0.15) is 103 Å². The van der Waals surface area contributed by atoms with E-state index in [2.05, 4.69) is 15.0 Å². The number of aromatic nitrogens is 3. The molecule has 13 heteroatoms. The van der Waals surface area contributed by atoms with Gasteiger partial charge < -0.3 is 15.0 Å². The van der Waals surface area contributed by atoms with E-state index in [1.165, 1.54) is 20.8 Å². The number of H-pyrrole nitrogens is 3. The Morgan fingerprint density at radius 2 is 0.700 bits per heavy atom. The molecule has 0 bridgehead atoms. The second kappa shape index (κ2) is 19.4. The molecule has 350 valence electrons. The maximum absolute atomic E-state index is 15.7. The van der Waals surface area contributed by atoms with Crippen LogP contribution in [0.25, 0.3) is 0 Å². The van der Waals surface area contributed by atoms with Crippen molar-refractivity contribution < 1.29 is 28.8 Å². The molecule has 0 amide bonds. The zero-order valence-corrected chi connectivity index (χ0v) is 38.9. The molecule has 0 radical (unpaired) electrons. The molecular weight excluding hydrogens is 879 g/mol. The molecule has 0 spiro atoms. The van der Waals surface area contributed by atoms with E-state index < -0.39 is 34.4 Å². The van der Waals surface area contributed by atoms with Crippen LogP contribution in [0.3, 0.4) is 0 Å². The Bertz CT molecular complexity index is 2750. The molecule has 6 aromatic rings. The second-order valence-corrected chi connectivity index (χ2v) is 18.0. The number of rotatable bonds is 21. The van der Waals surface area contributed by atoms with Crippen LogP contribution in [-0.2, 0) is 31.0 Å². The summed E-state index contributed by atoms with van der Waals surface area (Å²) in [6, 6.07) is 31.6. The van der Waals surface area contributed by atoms with Gasteiger partial charge in [-0.05, 0) is 110 Å². The molecule has 3 aromatic carbocycles. The van der Waals surface area contributed by atoms with Crippen LogP contribution in [0.5, 0.6) is 0 Å². The topological polar surface area (TPSA) is 190 Å². The molecule has 0 aliphatic carbocycles. The third-order valence-electron chi connectivity index (χ3n) is 13.7. The molecule has 3 N–H and O–H groups in total. The summed E-state index contributed by atoms with van der Waals surface area (Å²) in [5.74, 6) is -3.93. The Hall–Kier alpha value is -8.29. The highest BCUT2D eigenvalue weighted by atomic mass is 16.1. The highest BCUT2D eigenvalue weighted by Gasteiger charge is 2.49. The van der Waals surface area contributed by atoms with Gasteiger partial charge in [0.2, 0.25) is 0 Å². The number of hydrogen-bond donors (Lipinski definition) is 3. The fourth-order valence-electron chi connectivity index (χ4n) is 9.86. The first kappa shape index (κ1) is 46.8. The Morgan fingerprint density at radius 1 is 0.429 bits per heavy atom. The molecule has 6 heterocycles. The molecule has 0 fully saturated rings. The van der Waals surface area contributed by atoms with Crippen molar-refractivity contribution >= 4 is 53.3 Å². The number of carbonyl (C=O) groups excluding carboxylic acids is 6. The number of carbonyl (C=O) groups is 6. The minimum absolute atomic E-state index is 0.00376. The second-order valence-electron chi connectivity index (χ2n) is 18.0. The van der Waals surface area contributed by atoms with Crippen molar-refractivity contribution in [2.24, 2.45) is 15.0 Å². The average molecular weight is 930 g/mol. The summed E-state index contributed by atoms with van der Waals surface area (Å²) >= 11 is 0. The van der Waals surface area contributed by atoms with E-state index >= 15 is 14.4 Å². The molecule has 0 saturated heterocycles. The predicted octanol–water partition coefficient (Wildman–Crippen LogP) is 8.55. The summed E-state index contributed by atoms with van der Waals surface area (Å²) in [6.07, 6.45) is 20.5. The summed E-state index contributed by atoms with van der Waals surface area (Å²) in [5, 5.41) is 0. The first-order chi connectivity index (χ1) is 33.8. The van der Waals surface area contributed by atoms with Crippen molar-refractivity contribution in [1.29, 1.82) is 0 Å². The van der Waals surface area contributed by atoms with Crippen LogP contribution >= 0.6 is 0 Å². The Labute approximate surface area is 405 Å². The molecule has 9 rings (SSSR count). The van der Waals surface area contributed by atoms with Crippen molar-refractivity contribution in [3.8, 4) is 0 Å². The number of aromatic amines is 3. The van der Waals surface area contributed by atoms with Crippen LogP contribution in [0, 0.1) is 0 Å². The smallest absolute Gasteiger partial charge is 0.179 e. The Morgan fingerprint density at radius 3 is 0.900 bits per heavy atom. The van der Waals surface area contributed by atoms with E-state index in [0.29, 0.717) is 50.5 Å². The number of nitrogens with one attached hydrogen (secondary N) is 3. The first-order valence-corrected chi connectivity index (χ1v) is 23.1. The van der Waals surface area contributed by atoms with Gasteiger partial charge in [0.05, 0.1) is 17.8 Å². The molecule has 3 aliphatic rings. The molecule has 13 nitrogen and oxygen atoms in total. The lowest BCUT2D eigenvalue weighted by atomic mass is 9.77. The van der Waals surface area contributed by atoms with E-state index in [0.717, 1.165) is 0 Å². The van der Waals surface area contributed by atoms with Crippen molar-refractivity contribution in [2.45, 2.75) is 55.1 Å².